The van der Waals surface area contributed by atoms with Crippen LogP contribution in [0, 0.1) is 19.7 Å². The Labute approximate surface area is 242 Å². The van der Waals surface area contributed by atoms with Gasteiger partial charge in [-0.1, -0.05) is 61.2 Å². The molecule has 7 nitrogen and oxygen atoms in total. The molecule has 9 heteroatoms. The molecular weight excluding hydrogens is 541 g/mol. The van der Waals surface area contributed by atoms with Crippen LogP contribution >= 0.6 is 0 Å². The van der Waals surface area contributed by atoms with Crippen molar-refractivity contribution in [3.63, 3.8) is 0 Å². The second-order valence-corrected chi connectivity index (χ2v) is 12.6. The first kappa shape index (κ1) is 30.2. The van der Waals surface area contributed by atoms with Gasteiger partial charge in [-0.05, 0) is 81.1 Å². The Hall–Kier alpha value is -3.72. The summed E-state index contributed by atoms with van der Waals surface area (Å²) in [6, 6.07) is 18.1. The summed E-state index contributed by atoms with van der Waals surface area (Å²) in [6.07, 6.45) is 5.05. The van der Waals surface area contributed by atoms with E-state index >= 15 is 0 Å². The fourth-order valence-corrected chi connectivity index (χ4v) is 6.51. The molecular formula is C32H38FN3O4S. The van der Waals surface area contributed by atoms with Crippen molar-refractivity contribution in [1.82, 2.24) is 10.2 Å². The fraction of sp³-hybridized carbons (Fsp3) is 0.375. The number of carbonyl (C=O) groups is 2. The summed E-state index contributed by atoms with van der Waals surface area (Å²) in [4.78, 5) is 28.9. The van der Waals surface area contributed by atoms with Gasteiger partial charge in [-0.15, -0.1) is 0 Å². The summed E-state index contributed by atoms with van der Waals surface area (Å²) in [5, 5.41) is 3.10. The van der Waals surface area contributed by atoms with E-state index in [0.717, 1.165) is 65.2 Å². The molecule has 0 spiro atoms. The van der Waals surface area contributed by atoms with Crippen molar-refractivity contribution < 1.29 is 22.4 Å². The Morgan fingerprint density at radius 2 is 1.56 bits per heavy atom. The summed E-state index contributed by atoms with van der Waals surface area (Å²) < 4.78 is 42.5. The first-order valence-electron chi connectivity index (χ1n) is 14.1. The molecule has 3 aromatic rings. The van der Waals surface area contributed by atoms with Crippen molar-refractivity contribution in [2.75, 3.05) is 10.8 Å². The summed E-state index contributed by atoms with van der Waals surface area (Å²) in [5.41, 5.74) is 2.84. The van der Waals surface area contributed by atoms with E-state index in [9.17, 15) is 22.4 Å². The van der Waals surface area contributed by atoms with Gasteiger partial charge in [0.15, 0.2) is 0 Å². The van der Waals surface area contributed by atoms with Crippen LogP contribution in [-0.2, 0) is 26.2 Å². The van der Waals surface area contributed by atoms with Crippen LogP contribution in [0.1, 0.15) is 55.7 Å². The van der Waals surface area contributed by atoms with Crippen LogP contribution in [-0.4, -0.2) is 43.8 Å². The number of carbonyl (C=O) groups excluding carboxylic acids is 2. The molecule has 4 rings (SSSR count). The van der Waals surface area contributed by atoms with E-state index in [1.165, 1.54) is 29.2 Å². The third-order valence-electron chi connectivity index (χ3n) is 7.72. The number of hydrogen-bond acceptors (Lipinski definition) is 4. The molecule has 2 amide bonds. The van der Waals surface area contributed by atoms with Gasteiger partial charge in [-0.3, -0.25) is 13.9 Å². The van der Waals surface area contributed by atoms with Crippen molar-refractivity contribution in [3.05, 3.63) is 95.3 Å². The van der Waals surface area contributed by atoms with Gasteiger partial charge < -0.3 is 10.2 Å². The highest BCUT2D eigenvalue weighted by Gasteiger charge is 2.33. The highest BCUT2D eigenvalue weighted by Crippen LogP contribution is 2.26. The minimum Gasteiger partial charge on any atom is -0.352 e. The molecule has 0 heterocycles. The number of hydrogen-bond donors (Lipinski definition) is 1. The number of aryl methyl sites for hydroxylation is 2. The van der Waals surface area contributed by atoms with E-state index in [1.807, 2.05) is 38.1 Å². The molecule has 1 aliphatic carbocycles. The minimum atomic E-state index is -4.20. The van der Waals surface area contributed by atoms with E-state index in [1.54, 1.807) is 19.1 Å². The summed E-state index contributed by atoms with van der Waals surface area (Å²) >= 11 is 0. The van der Waals surface area contributed by atoms with E-state index in [4.69, 9.17) is 0 Å². The van der Waals surface area contributed by atoms with Crippen LogP contribution in [0.3, 0.4) is 0 Å². The number of anilines is 1. The van der Waals surface area contributed by atoms with Gasteiger partial charge in [0.05, 0.1) is 10.6 Å². The third kappa shape index (κ3) is 7.52. The Balaban J connectivity index is 1.68. The monoisotopic (exact) mass is 579 g/mol. The maximum atomic E-state index is 14.0. The van der Waals surface area contributed by atoms with Crippen molar-refractivity contribution in [2.45, 2.75) is 76.4 Å². The highest BCUT2D eigenvalue weighted by molar-refractivity contribution is 7.92. The standard InChI is InChI=1S/C32H38FN3O4S/c1-23-13-19-30(20-14-23)41(39,40)36(29-17-15-27(33)16-18-29)22-31(37)35(21-26-10-8-7-9-24(26)2)25(3)32(38)34-28-11-5-4-6-12-28/h7-10,13-20,25,28H,4-6,11-12,21-22H2,1-3H3,(H,34,38). The maximum Gasteiger partial charge on any atom is 0.264 e. The lowest BCUT2D eigenvalue weighted by Crippen LogP contribution is -2.53. The predicted octanol–water partition coefficient (Wildman–Crippen LogP) is 5.50. The van der Waals surface area contributed by atoms with Crippen LogP contribution < -0.4 is 9.62 Å². The van der Waals surface area contributed by atoms with Crippen LogP contribution in [0.4, 0.5) is 10.1 Å². The van der Waals surface area contributed by atoms with Crippen molar-refractivity contribution in [1.29, 1.82) is 0 Å². The van der Waals surface area contributed by atoms with Crippen LogP contribution in [0.25, 0.3) is 0 Å². The minimum absolute atomic E-state index is 0.00812. The normalized spacial score (nSPS) is 14.7. The Bertz CT molecular complexity index is 1450. The zero-order valence-corrected chi connectivity index (χ0v) is 24.7. The molecule has 0 bridgehead atoms. The topological polar surface area (TPSA) is 86.8 Å². The fourth-order valence-electron chi connectivity index (χ4n) is 5.10. The van der Waals surface area contributed by atoms with E-state index in [-0.39, 0.29) is 29.1 Å². The van der Waals surface area contributed by atoms with Gasteiger partial charge >= 0.3 is 0 Å². The predicted molar refractivity (Wildman–Crippen MR) is 158 cm³/mol. The lowest BCUT2D eigenvalue weighted by atomic mass is 9.95. The second kappa shape index (κ2) is 13.3. The second-order valence-electron chi connectivity index (χ2n) is 10.8. The number of nitrogens with zero attached hydrogens (tertiary/aromatic N) is 2. The number of benzene rings is 3. The number of nitrogens with one attached hydrogen (secondary N) is 1. The molecule has 41 heavy (non-hydrogen) atoms. The van der Waals surface area contributed by atoms with Gasteiger partial charge in [0, 0.05) is 12.6 Å². The van der Waals surface area contributed by atoms with Gasteiger partial charge in [0.25, 0.3) is 10.0 Å². The molecule has 1 unspecified atom stereocenters. The van der Waals surface area contributed by atoms with Crippen LogP contribution in [0.2, 0.25) is 0 Å². The third-order valence-corrected chi connectivity index (χ3v) is 9.51. The quantitative estimate of drug-likeness (QED) is 0.344. The smallest absolute Gasteiger partial charge is 0.264 e. The zero-order valence-electron chi connectivity index (χ0n) is 23.8. The molecule has 0 aromatic heterocycles. The number of halogens is 1. The van der Waals surface area contributed by atoms with Crippen molar-refractivity contribution in [3.8, 4) is 0 Å². The largest absolute Gasteiger partial charge is 0.352 e. The van der Waals surface area contributed by atoms with Crippen LogP contribution in [0.5, 0.6) is 0 Å². The average molecular weight is 580 g/mol. The molecule has 1 atom stereocenters. The maximum absolute atomic E-state index is 14.0. The molecule has 0 radical (unpaired) electrons. The first-order chi connectivity index (χ1) is 19.6. The molecule has 1 aliphatic rings. The molecule has 0 saturated heterocycles. The summed E-state index contributed by atoms with van der Waals surface area (Å²) in [5.74, 6) is -1.34. The molecule has 3 aromatic carbocycles. The Kier molecular flexibility index (Phi) is 9.81. The molecule has 0 aliphatic heterocycles. The Morgan fingerprint density at radius 1 is 0.927 bits per heavy atom. The average Bonchev–Trinajstić information content (AvgIpc) is 2.96. The number of sulfonamides is 1. The highest BCUT2D eigenvalue weighted by atomic mass is 32.2. The van der Waals surface area contributed by atoms with E-state index in [0.29, 0.717) is 0 Å². The van der Waals surface area contributed by atoms with Gasteiger partial charge in [0.1, 0.15) is 18.4 Å². The molecule has 1 fully saturated rings. The van der Waals surface area contributed by atoms with E-state index < -0.39 is 34.3 Å². The van der Waals surface area contributed by atoms with E-state index in [2.05, 4.69) is 5.32 Å². The Morgan fingerprint density at radius 3 is 2.20 bits per heavy atom. The SMILES string of the molecule is Cc1ccc(S(=O)(=O)N(CC(=O)N(Cc2ccccc2C)C(C)C(=O)NC2CCCCC2)c2ccc(F)cc2)cc1. The number of amides is 2. The van der Waals surface area contributed by atoms with Gasteiger partial charge in [0.2, 0.25) is 11.8 Å². The lowest BCUT2D eigenvalue weighted by Gasteiger charge is -2.33. The summed E-state index contributed by atoms with van der Waals surface area (Å²) in [6.45, 7) is 5.02. The van der Waals surface area contributed by atoms with Crippen molar-refractivity contribution in [2.24, 2.45) is 0 Å². The van der Waals surface area contributed by atoms with Gasteiger partial charge in [-0.2, -0.15) is 0 Å². The van der Waals surface area contributed by atoms with Crippen LogP contribution in [0.15, 0.2) is 77.7 Å². The first-order valence-corrected chi connectivity index (χ1v) is 15.5. The number of rotatable bonds is 10. The lowest BCUT2D eigenvalue weighted by molar-refractivity contribution is -0.139. The molecule has 1 N–H and O–H groups in total. The van der Waals surface area contributed by atoms with Crippen molar-refractivity contribution >= 4 is 27.5 Å². The van der Waals surface area contributed by atoms with Gasteiger partial charge in [-0.25, -0.2) is 12.8 Å². The molecule has 218 valence electrons. The zero-order chi connectivity index (χ0) is 29.6. The summed E-state index contributed by atoms with van der Waals surface area (Å²) in [7, 11) is -4.20. The molecule has 1 saturated carbocycles.